The maximum atomic E-state index is 13.3. The van der Waals surface area contributed by atoms with E-state index in [2.05, 4.69) is 21.3 Å². The minimum Gasteiger partial charge on any atom is -0.480 e. The summed E-state index contributed by atoms with van der Waals surface area (Å²) >= 11 is 0. The van der Waals surface area contributed by atoms with E-state index in [0.29, 0.717) is 58.2 Å². The van der Waals surface area contributed by atoms with Crippen molar-refractivity contribution in [2.24, 2.45) is 29.0 Å². The molecule has 0 saturated carbocycles. The Balaban J connectivity index is 2.84. The number of carboxylic acid groups (broad SMARTS) is 1. The van der Waals surface area contributed by atoms with Crippen molar-refractivity contribution in [3.8, 4) is 0 Å². The predicted molar refractivity (Wildman–Crippen MR) is 174 cm³/mol. The number of amides is 5. The molecule has 5 atom stereocenters. The molecule has 1 saturated heterocycles. The highest BCUT2D eigenvalue weighted by atomic mass is 16.4. The van der Waals surface area contributed by atoms with Gasteiger partial charge in [-0.05, 0) is 82.7 Å². The fourth-order valence-electron chi connectivity index (χ4n) is 5.38. The molecule has 0 bridgehead atoms. The van der Waals surface area contributed by atoms with Crippen LogP contribution in [0.25, 0.3) is 0 Å². The van der Waals surface area contributed by atoms with Crippen LogP contribution in [-0.2, 0) is 28.8 Å². The molecule has 15 heteroatoms. The number of carbonyl (C=O) groups excluding carboxylic acids is 5. The first-order valence-corrected chi connectivity index (χ1v) is 16.6. The van der Waals surface area contributed by atoms with E-state index in [1.54, 1.807) is 0 Å². The molecule has 264 valence electrons. The Bertz CT molecular complexity index is 1010. The molecular weight excluding hydrogens is 596 g/mol. The van der Waals surface area contributed by atoms with Gasteiger partial charge in [0, 0.05) is 6.54 Å². The van der Waals surface area contributed by atoms with Crippen molar-refractivity contribution < 1.29 is 33.9 Å². The van der Waals surface area contributed by atoms with Crippen LogP contribution in [0.15, 0.2) is 0 Å². The highest BCUT2D eigenvalue weighted by molar-refractivity contribution is 5.95. The monoisotopic (exact) mass is 654 g/mol. The molecule has 1 aliphatic rings. The normalized spacial score (nSPS) is 17.2. The van der Waals surface area contributed by atoms with Gasteiger partial charge in [0.1, 0.15) is 24.2 Å². The Kier molecular flexibility index (Phi) is 19.0. The lowest BCUT2D eigenvalue weighted by Gasteiger charge is -2.28. The summed E-state index contributed by atoms with van der Waals surface area (Å²) in [6.45, 7) is 8.35. The summed E-state index contributed by atoms with van der Waals surface area (Å²) in [7, 11) is 0. The van der Waals surface area contributed by atoms with Crippen molar-refractivity contribution in [1.29, 1.82) is 0 Å². The van der Waals surface area contributed by atoms with E-state index in [1.165, 1.54) is 4.90 Å². The Hall–Kier alpha value is -3.30. The first-order chi connectivity index (χ1) is 21.7. The number of nitrogens with two attached hydrogens (primary N) is 3. The van der Waals surface area contributed by atoms with Gasteiger partial charge in [0.15, 0.2) is 0 Å². The second-order valence-electron chi connectivity index (χ2n) is 12.9. The van der Waals surface area contributed by atoms with Crippen molar-refractivity contribution in [1.82, 2.24) is 26.2 Å². The third-order valence-electron chi connectivity index (χ3n) is 7.81. The Morgan fingerprint density at radius 2 is 1.35 bits per heavy atom. The van der Waals surface area contributed by atoms with E-state index in [9.17, 15) is 33.9 Å². The van der Waals surface area contributed by atoms with Gasteiger partial charge in [0.25, 0.3) is 0 Å². The number of aliphatic carboxylic acids is 1. The molecule has 1 heterocycles. The van der Waals surface area contributed by atoms with Crippen LogP contribution in [0.2, 0.25) is 0 Å². The molecule has 1 aliphatic heterocycles. The van der Waals surface area contributed by atoms with Gasteiger partial charge in [-0.2, -0.15) is 0 Å². The smallest absolute Gasteiger partial charge is 0.326 e. The number of nitrogens with one attached hydrogen (secondary N) is 4. The zero-order valence-electron chi connectivity index (χ0n) is 28.0. The number of rotatable bonds is 22. The second kappa shape index (κ2) is 21.5. The molecule has 1 fully saturated rings. The fraction of sp³-hybridized carbons (Fsp3) is 0.806. The van der Waals surface area contributed by atoms with Crippen LogP contribution in [0.5, 0.6) is 0 Å². The molecule has 0 radical (unpaired) electrons. The van der Waals surface area contributed by atoms with Crippen LogP contribution in [0.3, 0.4) is 0 Å². The highest BCUT2D eigenvalue weighted by Crippen LogP contribution is 2.20. The van der Waals surface area contributed by atoms with Crippen LogP contribution in [0, 0.1) is 11.8 Å². The molecule has 0 unspecified atom stereocenters. The molecule has 1 rings (SSSR count). The Morgan fingerprint density at radius 1 is 0.783 bits per heavy atom. The molecule has 0 spiro atoms. The average Bonchev–Trinajstić information content (AvgIpc) is 3.48. The number of carbonyl (C=O) groups is 6. The lowest BCUT2D eigenvalue weighted by atomic mass is 10.0. The third kappa shape index (κ3) is 14.9. The zero-order chi connectivity index (χ0) is 34.8. The van der Waals surface area contributed by atoms with E-state index in [0.717, 1.165) is 6.42 Å². The van der Waals surface area contributed by atoms with Gasteiger partial charge in [0.2, 0.25) is 29.5 Å². The summed E-state index contributed by atoms with van der Waals surface area (Å²) in [4.78, 5) is 78.4. The predicted octanol–water partition coefficient (Wildman–Crippen LogP) is -0.690. The van der Waals surface area contributed by atoms with Gasteiger partial charge in [-0.25, -0.2) is 4.79 Å². The molecule has 46 heavy (non-hydrogen) atoms. The highest BCUT2D eigenvalue weighted by Gasteiger charge is 2.37. The quantitative estimate of drug-likeness (QED) is 0.0682. The largest absolute Gasteiger partial charge is 0.480 e. The SMILES string of the molecule is CC(C)C[C@H](NC(=O)CNC(=O)[C@H](CC(C)C)NC(=O)[C@@H]1CCCN1C(=O)[C@@H](N)CCCCN)C(=O)N[C@@H](CCCCN)C(=O)O. The topological polar surface area (TPSA) is 252 Å². The van der Waals surface area contributed by atoms with E-state index < -0.39 is 66.4 Å². The fourth-order valence-corrected chi connectivity index (χ4v) is 5.38. The van der Waals surface area contributed by atoms with E-state index >= 15 is 0 Å². The first-order valence-electron chi connectivity index (χ1n) is 16.6. The van der Waals surface area contributed by atoms with Gasteiger partial charge in [0.05, 0.1) is 12.6 Å². The van der Waals surface area contributed by atoms with Crippen LogP contribution in [0.1, 0.15) is 91.9 Å². The minimum atomic E-state index is -1.18. The minimum absolute atomic E-state index is 0.000630. The first kappa shape index (κ1) is 40.7. The maximum Gasteiger partial charge on any atom is 0.326 e. The van der Waals surface area contributed by atoms with E-state index in [1.807, 2.05) is 27.7 Å². The second-order valence-corrected chi connectivity index (χ2v) is 12.9. The van der Waals surface area contributed by atoms with Crippen molar-refractivity contribution in [3.05, 3.63) is 0 Å². The van der Waals surface area contributed by atoms with Crippen LogP contribution in [0.4, 0.5) is 0 Å². The summed E-state index contributed by atoms with van der Waals surface area (Å²) in [5, 5.41) is 19.9. The Labute approximate surface area is 272 Å². The number of likely N-dealkylation sites (tertiary alicyclic amines) is 1. The Morgan fingerprint density at radius 3 is 1.89 bits per heavy atom. The molecule has 0 aliphatic carbocycles. The molecule has 0 aromatic rings. The van der Waals surface area contributed by atoms with E-state index in [-0.39, 0.29) is 37.0 Å². The van der Waals surface area contributed by atoms with Gasteiger partial charge >= 0.3 is 5.97 Å². The third-order valence-corrected chi connectivity index (χ3v) is 7.81. The number of hydrogen-bond acceptors (Lipinski definition) is 9. The molecule has 0 aromatic heterocycles. The molecule has 15 nitrogen and oxygen atoms in total. The van der Waals surface area contributed by atoms with Gasteiger partial charge in [-0.15, -0.1) is 0 Å². The molecule has 5 amide bonds. The average molecular weight is 655 g/mol. The van der Waals surface area contributed by atoms with E-state index in [4.69, 9.17) is 17.2 Å². The van der Waals surface area contributed by atoms with Gasteiger partial charge in [-0.1, -0.05) is 34.1 Å². The van der Waals surface area contributed by atoms with Crippen LogP contribution < -0.4 is 38.5 Å². The molecule has 0 aromatic carbocycles. The van der Waals surface area contributed by atoms with Crippen molar-refractivity contribution in [2.45, 2.75) is 122 Å². The summed E-state index contributed by atoms with van der Waals surface area (Å²) in [5.41, 5.74) is 17.1. The van der Waals surface area contributed by atoms with Crippen LogP contribution in [-0.4, -0.2) is 102 Å². The summed E-state index contributed by atoms with van der Waals surface area (Å²) in [6, 6.07) is -4.58. The van der Waals surface area contributed by atoms with Gasteiger partial charge < -0.3 is 48.5 Å². The number of nitrogens with zero attached hydrogens (tertiary/aromatic N) is 1. The standard InChI is InChI=1S/C31H58N8O7/c1-19(2)16-23(38-29(43)25-12-9-15-39(25)30(44)21(34)10-5-7-13-32)27(41)35-18-26(40)36-24(17-20(3)4)28(42)37-22(31(45)46)11-6-8-14-33/h19-25H,5-18,32-34H2,1-4H3,(H,35,41)(H,36,40)(H,37,42)(H,38,43)(H,45,46)/t21-,22-,23-,24-,25-/m0/s1. The molecule has 11 N–H and O–H groups in total. The maximum absolute atomic E-state index is 13.3. The van der Waals surface area contributed by atoms with Crippen molar-refractivity contribution in [3.63, 3.8) is 0 Å². The zero-order valence-corrected chi connectivity index (χ0v) is 28.0. The lowest BCUT2D eigenvalue weighted by Crippen LogP contribution is -2.56. The summed E-state index contributed by atoms with van der Waals surface area (Å²) in [5.74, 6) is -3.78. The van der Waals surface area contributed by atoms with Crippen LogP contribution >= 0.6 is 0 Å². The number of hydrogen-bond donors (Lipinski definition) is 8. The summed E-state index contributed by atoms with van der Waals surface area (Å²) in [6.07, 6.45) is 4.88. The van der Waals surface area contributed by atoms with Crippen molar-refractivity contribution >= 4 is 35.5 Å². The van der Waals surface area contributed by atoms with Gasteiger partial charge in [-0.3, -0.25) is 24.0 Å². The summed E-state index contributed by atoms with van der Waals surface area (Å²) < 4.78 is 0. The van der Waals surface area contributed by atoms with Crippen molar-refractivity contribution in [2.75, 3.05) is 26.2 Å². The lowest BCUT2D eigenvalue weighted by molar-refractivity contribution is -0.142. The molecular formula is C31H58N8O7. The number of carboxylic acids is 1. The number of unbranched alkanes of at least 4 members (excludes halogenated alkanes) is 2.